The molecule has 0 bridgehead atoms. The van der Waals surface area contributed by atoms with Crippen LogP contribution in [0.1, 0.15) is 12.8 Å². The molecule has 2 heterocycles. The third-order valence-electron chi connectivity index (χ3n) is 3.78. The maximum Gasteiger partial charge on any atom is 0.419 e. The van der Waals surface area contributed by atoms with Crippen LogP contribution in [0.3, 0.4) is 0 Å². The molecule has 108 valence electrons. The Morgan fingerprint density at radius 1 is 1.30 bits per heavy atom. The second kappa shape index (κ2) is 5.61. The average molecular weight is 341 g/mol. The van der Waals surface area contributed by atoms with Crippen molar-refractivity contribution in [1.29, 1.82) is 0 Å². The lowest BCUT2D eigenvalue weighted by atomic mass is 10.3. The Kier molecular flexibility index (Phi) is 3.85. The van der Waals surface area contributed by atoms with E-state index in [1.807, 2.05) is 6.07 Å². The minimum Gasteiger partial charge on any atom is -0.495 e. The van der Waals surface area contributed by atoms with Crippen molar-refractivity contribution in [2.75, 3.05) is 26.7 Å². The van der Waals surface area contributed by atoms with E-state index >= 15 is 0 Å². The largest absolute Gasteiger partial charge is 0.495 e. The van der Waals surface area contributed by atoms with E-state index in [-0.39, 0.29) is 5.76 Å². The number of aromatic nitrogens is 1. The zero-order valence-electron chi connectivity index (χ0n) is 11.4. The van der Waals surface area contributed by atoms with E-state index in [2.05, 4.69) is 20.8 Å². The smallest absolute Gasteiger partial charge is 0.419 e. The van der Waals surface area contributed by atoms with Crippen molar-refractivity contribution in [3.05, 3.63) is 27.2 Å². The first kappa shape index (κ1) is 13.7. The Balaban J connectivity index is 1.92. The number of methoxy groups -OCH3 is 1. The lowest BCUT2D eigenvalue weighted by molar-refractivity contribution is 0.318. The zero-order valence-corrected chi connectivity index (χ0v) is 13.0. The monoisotopic (exact) mass is 340 g/mol. The van der Waals surface area contributed by atoms with E-state index in [9.17, 15) is 4.79 Å². The predicted octanol–water partition coefficient (Wildman–Crippen LogP) is 2.46. The van der Waals surface area contributed by atoms with Crippen LogP contribution in [0.5, 0.6) is 5.75 Å². The van der Waals surface area contributed by atoms with Gasteiger partial charge < -0.3 is 14.1 Å². The van der Waals surface area contributed by atoms with Gasteiger partial charge in [-0.15, -0.1) is 0 Å². The molecule has 1 fully saturated rings. The number of benzene rings is 1. The summed E-state index contributed by atoms with van der Waals surface area (Å²) in [5.41, 5.74) is 1.37. The van der Waals surface area contributed by atoms with Gasteiger partial charge in [-0.2, -0.15) is 0 Å². The summed E-state index contributed by atoms with van der Waals surface area (Å²) in [6.45, 7) is 3.78. The van der Waals surface area contributed by atoms with E-state index in [0.29, 0.717) is 17.9 Å². The van der Waals surface area contributed by atoms with Crippen LogP contribution in [0.15, 0.2) is 25.8 Å². The molecule has 6 heteroatoms. The minimum atomic E-state index is -0.306. The van der Waals surface area contributed by atoms with Crippen molar-refractivity contribution >= 4 is 27.0 Å². The summed E-state index contributed by atoms with van der Waals surface area (Å²) >= 11 is 3.40. The standard InChI is InChI=1S/C14H17BrN2O3/c1-19-12-9-11-13(8-10(12)15)20-14(18)17(11)7-6-16-4-2-3-5-16/h8-9H,2-7H2,1H3. The Labute approximate surface area is 125 Å². The number of rotatable bonds is 4. The molecule has 0 spiro atoms. The van der Waals surface area contributed by atoms with Gasteiger partial charge in [0.2, 0.25) is 0 Å². The van der Waals surface area contributed by atoms with E-state index in [1.165, 1.54) is 12.8 Å². The molecule has 5 nitrogen and oxygen atoms in total. The summed E-state index contributed by atoms with van der Waals surface area (Å²) in [7, 11) is 1.61. The van der Waals surface area contributed by atoms with Crippen molar-refractivity contribution in [3.8, 4) is 5.75 Å². The summed E-state index contributed by atoms with van der Waals surface area (Å²) in [6.07, 6.45) is 2.50. The van der Waals surface area contributed by atoms with Crippen molar-refractivity contribution in [3.63, 3.8) is 0 Å². The lowest BCUT2D eigenvalue weighted by Gasteiger charge is -2.14. The first-order valence-electron chi connectivity index (χ1n) is 6.78. The van der Waals surface area contributed by atoms with Gasteiger partial charge in [0.25, 0.3) is 0 Å². The molecule has 1 aromatic carbocycles. The summed E-state index contributed by atoms with van der Waals surface area (Å²) < 4.78 is 13.0. The molecule has 0 aliphatic carbocycles. The second-order valence-electron chi connectivity index (χ2n) is 5.02. The molecular formula is C14H17BrN2O3. The minimum absolute atomic E-state index is 0.306. The molecular weight excluding hydrogens is 324 g/mol. The molecule has 0 saturated carbocycles. The number of ether oxygens (including phenoxy) is 1. The van der Waals surface area contributed by atoms with Gasteiger partial charge in [0.15, 0.2) is 5.58 Å². The predicted molar refractivity (Wildman–Crippen MR) is 80.4 cm³/mol. The van der Waals surface area contributed by atoms with Crippen LogP contribution in [0.25, 0.3) is 11.1 Å². The number of nitrogens with zero attached hydrogens (tertiary/aromatic N) is 2. The third-order valence-corrected chi connectivity index (χ3v) is 4.40. The van der Waals surface area contributed by atoms with Crippen molar-refractivity contribution in [1.82, 2.24) is 9.47 Å². The molecule has 0 amide bonds. The number of hydrogen-bond acceptors (Lipinski definition) is 4. The van der Waals surface area contributed by atoms with Crippen LogP contribution >= 0.6 is 15.9 Å². The van der Waals surface area contributed by atoms with Gasteiger partial charge in [-0.3, -0.25) is 4.57 Å². The van der Waals surface area contributed by atoms with Gasteiger partial charge in [0.05, 0.1) is 17.1 Å². The molecule has 2 aromatic rings. The van der Waals surface area contributed by atoms with Crippen LogP contribution in [-0.4, -0.2) is 36.2 Å². The maximum absolute atomic E-state index is 12.0. The number of likely N-dealkylation sites (tertiary alicyclic amines) is 1. The van der Waals surface area contributed by atoms with Gasteiger partial charge in [-0.1, -0.05) is 0 Å². The molecule has 3 rings (SSSR count). The maximum atomic E-state index is 12.0. The lowest BCUT2D eigenvalue weighted by Crippen LogP contribution is -2.27. The number of oxazole rings is 1. The Morgan fingerprint density at radius 2 is 2.05 bits per heavy atom. The molecule has 1 aliphatic rings. The SMILES string of the molecule is COc1cc2c(cc1Br)oc(=O)n2CCN1CCCC1. The van der Waals surface area contributed by atoms with E-state index in [1.54, 1.807) is 17.7 Å². The number of fused-ring (bicyclic) bond motifs is 1. The molecule has 1 saturated heterocycles. The van der Waals surface area contributed by atoms with Crippen molar-refractivity contribution in [2.24, 2.45) is 0 Å². The molecule has 0 N–H and O–H groups in total. The fourth-order valence-electron chi connectivity index (χ4n) is 2.68. The van der Waals surface area contributed by atoms with Crippen LogP contribution in [0.4, 0.5) is 0 Å². The highest BCUT2D eigenvalue weighted by atomic mass is 79.9. The van der Waals surface area contributed by atoms with Crippen LogP contribution < -0.4 is 10.5 Å². The molecule has 1 aliphatic heterocycles. The van der Waals surface area contributed by atoms with Crippen LogP contribution in [-0.2, 0) is 6.54 Å². The quantitative estimate of drug-likeness (QED) is 0.857. The Bertz CT molecular complexity index is 671. The summed E-state index contributed by atoms with van der Waals surface area (Å²) in [5.74, 6) is 0.396. The summed E-state index contributed by atoms with van der Waals surface area (Å²) in [5, 5.41) is 0. The van der Waals surface area contributed by atoms with Gasteiger partial charge in [-0.05, 0) is 41.9 Å². The second-order valence-corrected chi connectivity index (χ2v) is 5.88. The average Bonchev–Trinajstić information content (AvgIpc) is 3.03. The van der Waals surface area contributed by atoms with Gasteiger partial charge in [-0.25, -0.2) is 4.79 Å². The summed E-state index contributed by atoms with van der Waals surface area (Å²) in [6, 6.07) is 3.62. The van der Waals surface area contributed by atoms with Crippen molar-refractivity contribution in [2.45, 2.75) is 19.4 Å². The fraction of sp³-hybridized carbons (Fsp3) is 0.500. The Morgan fingerprint density at radius 3 is 2.75 bits per heavy atom. The normalized spacial score (nSPS) is 16.1. The van der Waals surface area contributed by atoms with Crippen LogP contribution in [0, 0.1) is 0 Å². The highest BCUT2D eigenvalue weighted by Crippen LogP contribution is 2.29. The molecule has 0 atom stereocenters. The van der Waals surface area contributed by atoms with E-state index < -0.39 is 0 Å². The molecule has 0 radical (unpaired) electrons. The fourth-order valence-corrected chi connectivity index (χ4v) is 3.16. The number of hydrogen-bond donors (Lipinski definition) is 0. The van der Waals surface area contributed by atoms with Gasteiger partial charge in [0.1, 0.15) is 5.75 Å². The first-order valence-corrected chi connectivity index (χ1v) is 7.57. The third kappa shape index (κ3) is 2.50. The molecule has 0 unspecified atom stereocenters. The molecule has 1 aromatic heterocycles. The van der Waals surface area contributed by atoms with Crippen molar-refractivity contribution < 1.29 is 9.15 Å². The van der Waals surface area contributed by atoms with Gasteiger partial charge >= 0.3 is 5.76 Å². The van der Waals surface area contributed by atoms with Crippen LogP contribution in [0.2, 0.25) is 0 Å². The van der Waals surface area contributed by atoms with E-state index in [0.717, 1.165) is 29.6 Å². The summed E-state index contributed by atoms with van der Waals surface area (Å²) in [4.78, 5) is 14.4. The molecule has 20 heavy (non-hydrogen) atoms. The topological polar surface area (TPSA) is 47.6 Å². The van der Waals surface area contributed by atoms with E-state index in [4.69, 9.17) is 9.15 Å². The first-order chi connectivity index (χ1) is 9.69. The highest BCUT2D eigenvalue weighted by Gasteiger charge is 2.15. The number of halogens is 1. The Hall–Kier alpha value is -1.27. The van der Waals surface area contributed by atoms with Gasteiger partial charge in [0, 0.05) is 25.2 Å². The highest BCUT2D eigenvalue weighted by molar-refractivity contribution is 9.10. The zero-order chi connectivity index (χ0) is 14.1.